The number of rotatable bonds is 9. The van der Waals surface area contributed by atoms with E-state index in [0.29, 0.717) is 25.8 Å². The number of carbonyl (C=O) groups is 2. The van der Waals surface area contributed by atoms with E-state index in [1.54, 1.807) is 19.0 Å². The predicted molar refractivity (Wildman–Crippen MR) is 130 cm³/mol. The maximum Gasteiger partial charge on any atom is 0.249 e. The van der Waals surface area contributed by atoms with Crippen LogP contribution in [0, 0.1) is 0 Å². The Kier molecular flexibility index (Phi) is 7.98. The average molecular weight is 433 g/mol. The minimum absolute atomic E-state index is 0.156. The first-order valence-corrected chi connectivity index (χ1v) is 10.9. The Labute approximate surface area is 189 Å². The van der Waals surface area contributed by atoms with Crippen molar-refractivity contribution in [3.63, 3.8) is 0 Å². The van der Waals surface area contributed by atoms with Gasteiger partial charge in [0.25, 0.3) is 0 Å². The van der Waals surface area contributed by atoms with Crippen molar-refractivity contribution in [2.45, 2.75) is 31.3 Å². The van der Waals surface area contributed by atoms with Crippen LogP contribution >= 0.6 is 0 Å². The number of hydrogen-bond donors (Lipinski definition) is 2. The van der Waals surface area contributed by atoms with Gasteiger partial charge in [-0.05, 0) is 54.3 Å². The van der Waals surface area contributed by atoms with Gasteiger partial charge in [0.2, 0.25) is 11.8 Å². The van der Waals surface area contributed by atoms with Gasteiger partial charge in [0.15, 0.2) is 0 Å². The van der Waals surface area contributed by atoms with E-state index in [0.717, 1.165) is 22.0 Å². The van der Waals surface area contributed by atoms with Crippen molar-refractivity contribution < 1.29 is 9.59 Å². The van der Waals surface area contributed by atoms with Gasteiger partial charge in [-0.2, -0.15) is 0 Å². The second-order valence-corrected chi connectivity index (χ2v) is 8.12. The molecule has 0 aromatic heterocycles. The highest BCUT2D eigenvalue weighted by Gasteiger charge is 2.31. The third kappa shape index (κ3) is 5.52. The number of benzene rings is 3. The second-order valence-electron chi connectivity index (χ2n) is 8.12. The van der Waals surface area contributed by atoms with Crippen LogP contribution in [0.1, 0.15) is 18.4 Å². The number of anilines is 1. The predicted octanol–water partition coefficient (Wildman–Crippen LogP) is 2.94. The molecular formula is C26H32N4O2. The normalized spacial score (nSPS) is 12.9. The third-order valence-corrected chi connectivity index (χ3v) is 5.85. The maximum absolute atomic E-state index is 13.5. The summed E-state index contributed by atoms with van der Waals surface area (Å²) in [5.41, 5.74) is 13.7. The van der Waals surface area contributed by atoms with Crippen LogP contribution in [0.4, 0.5) is 5.69 Å². The van der Waals surface area contributed by atoms with Gasteiger partial charge in [0.05, 0.1) is 6.04 Å². The molecule has 3 aromatic rings. The lowest BCUT2D eigenvalue weighted by Crippen LogP contribution is -2.53. The zero-order valence-corrected chi connectivity index (χ0v) is 18.8. The molecule has 0 aliphatic rings. The fourth-order valence-corrected chi connectivity index (χ4v) is 3.90. The van der Waals surface area contributed by atoms with Gasteiger partial charge in [-0.25, -0.2) is 0 Å². The van der Waals surface area contributed by atoms with Gasteiger partial charge in [0.1, 0.15) is 6.04 Å². The smallest absolute Gasteiger partial charge is 0.249 e. The molecule has 32 heavy (non-hydrogen) atoms. The summed E-state index contributed by atoms with van der Waals surface area (Å²) in [5, 5.41) is 2.16. The Balaban J connectivity index is 1.78. The lowest BCUT2D eigenvalue weighted by molar-refractivity contribution is -0.139. The summed E-state index contributed by atoms with van der Waals surface area (Å²) in [5.74, 6) is -0.410. The number of hydrogen-bond acceptors (Lipinski definition) is 4. The molecular weight excluding hydrogens is 400 g/mol. The zero-order valence-electron chi connectivity index (χ0n) is 18.8. The van der Waals surface area contributed by atoms with Crippen molar-refractivity contribution in [1.82, 2.24) is 4.90 Å². The summed E-state index contributed by atoms with van der Waals surface area (Å²) in [6.45, 7) is 0.446. The van der Waals surface area contributed by atoms with Crippen LogP contribution in [-0.4, -0.2) is 49.4 Å². The topological polar surface area (TPSA) is 92.7 Å². The van der Waals surface area contributed by atoms with Gasteiger partial charge in [-0.15, -0.1) is 0 Å². The van der Waals surface area contributed by atoms with Gasteiger partial charge in [0, 0.05) is 19.8 Å². The van der Waals surface area contributed by atoms with Crippen LogP contribution in [0.25, 0.3) is 10.8 Å². The third-order valence-electron chi connectivity index (χ3n) is 5.85. The lowest BCUT2D eigenvalue weighted by atomic mass is 10.0. The van der Waals surface area contributed by atoms with E-state index < -0.39 is 12.1 Å². The summed E-state index contributed by atoms with van der Waals surface area (Å²) >= 11 is 0. The highest BCUT2D eigenvalue weighted by Crippen LogP contribution is 2.23. The molecule has 6 heteroatoms. The first kappa shape index (κ1) is 23.4. The van der Waals surface area contributed by atoms with Crippen LogP contribution in [0.15, 0.2) is 72.8 Å². The molecule has 0 fully saturated rings. The van der Waals surface area contributed by atoms with E-state index in [9.17, 15) is 9.59 Å². The molecule has 3 aromatic carbocycles. The van der Waals surface area contributed by atoms with Crippen LogP contribution in [0.2, 0.25) is 0 Å². The highest BCUT2D eigenvalue weighted by atomic mass is 16.2. The van der Waals surface area contributed by atoms with E-state index in [1.165, 1.54) is 4.90 Å². The molecule has 0 saturated carbocycles. The van der Waals surface area contributed by atoms with Gasteiger partial charge < -0.3 is 21.3 Å². The van der Waals surface area contributed by atoms with Crippen LogP contribution in [0.5, 0.6) is 0 Å². The minimum Gasteiger partial charge on any atom is -0.332 e. The number of likely N-dealkylation sites (N-methyl/N-ethyl adjacent to an activating group) is 2. The fourth-order valence-electron chi connectivity index (χ4n) is 3.90. The summed E-state index contributed by atoms with van der Waals surface area (Å²) in [6, 6.07) is 22.2. The number of nitrogens with two attached hydrogens (primary N) is 2. The molecule has 168 valence electrons. The van der Waals surface area contributed by atoms with E-state index in [1.807, 2.05) is 72.8 Å². The molecule has 0 saturated heterocycles. The Morgan fingerprint density at radius 1 is 0.875 bits per heavy atom. The highest BCUT2D eigenvalue weighted by molar-refractivity contribution is 6.00. The molecule has 6 nitrogen and oxygen atoms in total. The first-order chi connectivity index (χ1) is 15.4. The van der Waals surface area contributed by atoms with Gasteiger partial charge >= 0.3 is 0 Å². The quantitative estimate of drug-likeness (QED) is 0.544. The zero-order chi connectivity index (χ0) is 23.1. The Morgan fingerprint density at radius 3 is 2.22 bits per heavy atom. The molecule has 0 radical (unpaired) electrons. The average Bonchev–Trinajstić information content (AvgIpc) is 2.83. The molecule has 0 unspecified atom stereocenters. The maximum atomic E-state index is 13.5. The number of carbonyl (C=O) groups excluding carboxylic acids is 2. The standard InChI is InChI=1S/C26H32N4O2/c1-29(22-15-14-20-11-6-7-12-21(20)18-22)26(32)24(13-8-16-27)30(2)25(31)23(28)17-19-9-4-3-5-10-19/h3-7,9-12,14-15,18,23-24H,8,13,16-17,27-28H2,1-2H3/t23-,24-/m0/s1. The summed E-state index contributed by atoms with van der Waals surface area (Å²) in [6.07, 6.45) is 1.53. The van der Waals surface area contributed by atoms with Crippen molar-refractivity contribution >= 4 is 28.3 Å². The van der Waals surface area contributed by atoms with Gasteiger partial charge in [-0.3, -0.25) is 9.59 Å². The SMILES string of the molecule is CN(C(=O)[C@H](CCCN)N(C)C(=O)[C@@H](N)Cc1ccccc1)c1ccc2ccccc2c1. The molecule has 0 spiro atoms. The number of nitrogens with zero attached hydrogens (tertiary/aromatic N) is 2. The molecule has 2 amide bonds. The van der Waals surface area contributed by atoms with Crippen LogP contribution < -0.4 is 16.4 Å². The Morgan fingerprint density at radius 2 is 1.53 bits per heavy atom. The van der Waals surface area contributed by atoms with Crippen molar-refractivity contribution in [1.29, 1.82) is 0 Å². The monoisotopic (exact) mass is 432 g/mol. The van der Waals surface area contributed by atoms with E-state index >= 15 is 0 Å². The summed E-state index contributed by atoms with van der Waals surface area (Å²) < 4.78 is 0. The molecule has 0 heterocycles. The summed E-state index contributed by atoms with van der Waals surface area (Å²) in [7, 11) is 3.39. The van der Waals surface area contributed by atoms with Crippen molar-refractivity contribution in [2.24, 2.45) is 11.5 Å². The largest absolute Gasteiger partial charge is 0.332 e. The minimum atomic E-state index is -0.721. The van der Waals surface area contributed by atoms with E-state index in [-0.39, 0.29) is 11.8 Å². The van der Waals surface area contributed by atoms with Crippen molar-refractivity contribution in [3.8, 4) is 0 Å². The first-order valence-electron chi connectivity index (χ1n) is 10.9. The fraction of sp³-hybridized carbons (Fsp3) is 0.308. The van der Waals surface area contributed by atoms with E-state index in [2.05, 4.69) is 0 Å². The molecule has 4 N–H and O–H groups in total. The molecule has 0 aliphatic carbocycles. The molecule has 2 atom stereocenters. The van der Waals surface area contributed by atoms with Crippen LogP contribution in [-0.2, 0) is 16.0 Å². The van der Waals surface area contributed by atoms with Gasteiger partial charge in [-0.1, -0.05) is 60.7 Å². The molecule has 0 aliphatic heterocycles. The number of amides is 2. The Bertz CT molecular complexity index is 1050. The summed E-state index contributed by atoms with van der Waals surface area (Å²) in [4.78, 5) is 29.7. The van der Waals surface area contributed by atoms with Crippen molar-refractivity contribution in [2.75, 3.05) is 25.5 Å². The lowest BCUT2D eigenvalue weighted by Gasteiger charge is -2.32. The number of fused-ring (bicyclic) bond motifs is 1. The van der Waals surface area contributed by atoms with Crippen molar-refractivity contribution in [3.05, 3.63) is 78.4 Å². The Hall–Kier alpha value is -3.22. The molecule has 0 bridgehead atoms. The second kappa shape index (κ2) is 10.9. The van der Waals surface area contributed by atoms with Crippen LogP contribution in [0.3, 0.4) is 0 Å². The molecule has 3 rings (SSSR count). The van der Waals surface area contributed by atoms with E-state index in [4.69, 9.17) is 11.5 Å².